The van der Waals surface area contributed by atoms with Gasteiger partial charge < -0.3 is 24.4 Å². The Bertz CT molecular complexity index is 1000. The average Bonchev–Trinajstić information content (AvgIpc) is 3.55. The molecule has 200 valence electrons. The number of anilines is 1. The van der Waals surface area contributed by atoms with Gasteiger partial charge in [0.05, 0.1) is 18.1 Å². The number of benzene rings is 1. The number of carbonyl (C=O) groups is 2. The zero-order valence-electron chi connectivity index (χ0n) is 22.2. The molecule has 1 aromatic carbocycles. The van der Waals surface area contributed by atoms with Crippen molar-refractivity contribution in [2.24, 2.45) is 11.8 Å². The van der Waals surface area contributed by atoms with E-state index in [9.17, 15) is 5.11 Å². The molecule has 4 atom stereocenters. The van der Waals surface area contributed by atoms with Gasteiger partial charge in [0.1, 0.15) is 11.9 Å². The Morgan fingerprint density at radius 3 is 2.36 bits per heavy atom. The molecule has 36 heavy (non-hydrogen) atoms. The predicted octanol–water partition coefficient (Wildman–Crippen LogP) is 5.27. The molecule has 0 saturated heterocycles. The van der Waals surface area contributed by atoms with Crippen LogP contribution in [0.25, 0.3) is 11.0 Å². The van der Waals surface area contributed by atoms with E-state index in [1.165, 1.54) is 68.8 Å². The number of carboxylic acid groups (broad SMARTS) is 1. The number of methoxy groups -OCH3 is 1. The fraction of sp³-hybridized carbons (Fsp3) is 0.679. The minimum Gasteiger partial charge on any atom is -0.483 e. The Labute approximate surface area is 214 Å². The van der Waals surface area contributed by atoms with Gasteiger partial charge >= 0.3 is 0 Å². The van der Waals surface area contributed by atoms with Crippen molar-refractivity contribution < 1.29 is 24.5 Å². The van der Waals surface area contributed by atoms with E-state index in [0.29, 0.717) is 24.5 Å². The molecule has 0 bridgehead atoms. The van der Waals surface area contributed by atoms with E-state index in [1.54, 1.807) is 0 Å². The fourth-order valence-corrected chi connectivity index (χ4v) is 6.30. The highest BCUT2D eigenvalue weighted by Crippen LogP contribution is 2.43. The molecule has 4 unspecified atom stereocenters. The van der Waals surface area contributed by atoms with Gasteiger partial charge in [-0.15, -0.1) is 0 Å². The summed E-state index contributed by atoms with van der Waals surface area (Å²) in [5, 5.41) is 18.3. The maximum atomic E-state index is 11.4. The number of imidazole rings is 1. The van der Waals surface area contributed by atoms with Gasteiger partial charge in [0.15, 0.2) is 0 Å². The molecular weight excluding hydrogens is 458 g/mol. The molecule has 2 aliphatic carbocycles. The molecule has 2 fully saturated rings. The minimum atomic E-state index is -0.418. The normalized spacial score (nSPS) is 24.6. The van der Waals surface area contributed by atoms with Crippen LogP contribution in [0.15, 0.2) is 12.1 Å². The first-order valence-corrected chi connectivity index (χ1v) is 13.4. The Morgan fingerprint density at radius 2 is 1.75 bits per heavy atom. The molecule has 5 rings (SSSR count). The van der Waals surface area contributed by atoms with Crippen molar-refractivity contribution in [2.75, 3.05) is 19.1 Å². The van der Waals surface area contributed by atoms with Crippen LogP contribution in [0.4, 0.5) is 5.69 Å². The van der Waals surface area contributed by atoms with Crippen LogP contribution in [-0.2, 0) is 20.7 Å². The van der Waals surface area contributed by atoms with Gasteiger partial charge in [-0.2, -0.15) is 0 Å². The average molecular weight is 502 g/mol. The molecule has 2 heterocycles. The number of nitrogens with zero attached hydrogens (tertiary/aromatic N) is 3. The fourth-order valence-electron chi connectivity index (χ4n) is 6.30. The number of carbonyl (C=O) groups excluding carboxylic acids is 1. The number of aliphatic hydroxyl groups is 1. The Balaban J connectivity index is 0.000000463. The lowest BCUT2D eigenvalue weighted by Crippen LogP contribution is -2.33. The number of aliphatic hydroxyl groups excluding tert-OH is 1. The van der Waals surface area contributed by atoms with Crippen LogP contribution in [0.3, 0.4) is 0 Å². The van der Waals surface area contributed by atoms with Crippen molar-refractivity contribution in [3.05, 3.63) is 23.5 Å². The van der Waals surface area contributed by atoms with Gasteiger partial charge in [0.2, 0.25) is 0 Å². The highest BCUT2D eigenvalue weighted by molar-refractivity contribution is 5.86. The number of hydrogen-bond acceptors (Lipinski definition) is 6. The summed E-state index contributed by atoms with van der Waals surface area (Å²) in [6, 6.07) is 5.65. The van der Waals surface area contributed by atoms with Crippen LogP contribution >= 0.6 is 0 Å². The third-order valence-corrected chi connectivity index (χ3v) is 8.30. The highest BCUT2D eigenvalue weighted by Gasteiger charge is 2.34. The van der Waals surface area contributed by atoms with Crippen LogP contribution in [0.1, 0.15) is 95.2 Å². The minimum absolute atomic E-state index is 0.250. The van der Waals surface area contributed by atoms with Gasteiger partial charge in [0, 0.05) is 30.4 Å². The van der Waals surface area contributed by atoms with Gasteiger partial charge in [-0.05, 0) is 69.4 Å². The molecule has 2 aromatic rings. The molecular formula is C28H43N3O5. The van der Waals surface area contributed by atoms with E-state index in [0.717, 1.165) is 36.5 Å². The number of ether oxygens (including phenoxy) is 1. The van der Waals surface area contributed by atoms with Crippen LogP contribution in [0.5, 0.6) is 0 Å². The molecule has 8 heteroatoms. The quantitative estimate of drug-likeness (QED) is 0.550. The number of hydrogen-bond donors (Lipinski definition) is 2. The Kier molecular flexibility index (Phi) is 10.2. The summed E-state index contributed by atoms with van der Waals surface area (Å²) in [5.74, 6) is 2.10. The van der Waals surface area contributed by atoms with Crippen molar-refractivity contribution in [1.29, 1.82) is 0 Å². The van der Waals surface area contributed by atoms with Crippen molar-refractivity contribution in [2.45, 2.75) is 96.2 Å². The largest absolute Gasteiger partial charge is 0.483 e. The van der Waals surface area contributed by atoms with Crippen LogP contribution < -0.4 is 4.90 Å². The van der Waals surface area contributed by atoms with Crippen molar-refractivity contribution in [3.63, 3.8) is 0 Å². The molecule has 8 nitrogen and oxygen atoms in total. The van der Waals surface area contributed by atoms with Gasteiger partial charge in [-0.1, -0.05) is 32.6 Å². The second kappa shape index (κ2) is 13.1. The van der Waals surface area contributed by atoms with Crippen LogP contribution in [0.2, 0.25) is 0 Å². The number of fused-ring (bicyclic) bond motifs is 3. The van der Waals surface area contributed by atoms with E-state index < -0.39 is 6.10 Å². The monoisotopic (exact) mass is 501 g/mol. The number of rotatable bonds is 4. The standard InChI is InChI=1S/C25H37N3O.C2H4O2.CH2O2/c1-16-7-6-10-19(15-16)28-22-14-13-21-20(12-11-17(2)27(21)3)23(22)26-25(28)24(29)18-8-4-5-9-18;1-4-2-3;2-1-3/h13-14,16-19,24,29H,4-12,15H2,1-3H3;2H,1H3;1H,(H,2,3). The second-order valence-corrected chi connectivity index (χ2v) is 10.6. The summed E-state index contributed by atoms with van der Waals surface area (Å²) in [6.07, 6.45) is 11.7. The van der Waals surface area contributed by atoms with Crippen LogP contribution in [-0.4, -0.2) is 52.9 Å². The highest BCUT2D eigenvalue weighted by atomic mass is 16.5. The molecule has 1 aromatic heterocycles. The van der Waals surface area contributed by atoms with E-state index >= 15 is 0 Å². The van der Waals surface area contributed by atoms with Crippen molar-refractivity contribution in [3.8, 4) is 0 Å². The Hall–Kier alpha value is -2.61. The lowest BCUT2D eigenvalue weighted by molar-refractivity contribution is -0.126. The summed E-state index contributed by atoms with van der Waals surface area (Å²) in [4.78, 5) is 24.9. The summed E-state index contributed by atoms with van der Waals surface area (Å²) in [5.41, 5.74) is 5.15. The van der Waals surface area contributed by atoms with E-state index in [-0.39, 0.29) is 6.47 Å². The molecule has 0 amide bonds. The molecule has 2 N–H and O–H groups in total. The lowest BCUT2D eigenvalue weighted by atomic mass is 9.86. The number of aromatic nitrogens is 2. The van der Waals surface area contributed by atoms with Gasteiger partial charge in [0.25, 0.3) is 12.9 Å². The maximum Gasteiger partial charge on any atom is 0.292 e. The van der Waals surface area contributed by atoms with Crippen molar-refractivity contribution >= 4 is 29.7 Å². The number of aryl methyl sites for hydroxylation is 1. The van der Waals surface area contributed by atoms with Gasteiger partial charge in [-0.3, -0.25) is 9.59 Å². The summed E-state index contributed by atoms with van der Waals surface area (Å²) in [7, 11) is 3.52. The predicted molar refractivity (Wildman–Crippen MR) is 141 cm³/mol. The second-order valence-electron chi connectivity index (χ2n) is 10.6. The van der Waals surface area contributed by atoms with E-state index in [2.05, 4.69) is 47.2 Å². The molecule has 0 spiro atoms. The first kappa shape index (κ1) is 28.0. The van der Waals surface area contributed by atoms with E-state index in [1.807, 2.05) is 0 Å². The maximum absolute atomic E-state index is 11.4. The zero-order valence-corrected chi connectivity index (χ0v) is 22.2. The zero-order chi connectivity index (χ0) is 26.2. The first-order valence-electron chi connectivity index (χ1n) is 13.4. The summed E-state index contributed by atoms with van der Waals surface area (Å²) < 4.78 is 6.34. The smallest absolute Gasteiger partial charge is 0.292 e. The first-order chi connectivity index (χ1) is 17.4. The van der Waals surface area contributed by atoms with Gasteiger partial charge in [-0.25, -0.2) is 4.98 Å². The third-order valence-electron chi connectivity index (χ3n) is 8.30. The molecule has 1 aliphatic heterocycles. The Morgan fingerprint density at radius 1 is 1.08 bits per heavy atom. The SMILES string of the molecule is CC1CCCC(n2c(C(O)C3CCCC3)nc3c4c(ccc32)N(C)C(C)CC4)C1.COC=O.O=CO. The topological polar surface area (TPSA) is 105 Å². The van der Waals surface area contributed by atoms with E-state index in [4.69, 9.17) is 19.7 Å². The lowest BCUT2D eigenvalue weighted by Gasteiger charge is -2.34. The molecule has 2 saturated carbocycles. The summed E-state index contributed by atoms with van der Waals surface area (Å²) >= 11 is 0. The third kappa shape index (κ3) is 6.02. The van der Waals surface area contributed by atoms with Crippen molar-refractivity contribution in [1.82, 2.24) is 9.55 Å². The van der Waals surface area contributed by atoms with Crippen LogP contribution in [0, 0.1) is 11.8 Å². The molecule has 3 aliphatic rings. The molecule has 0 radical (unpaired) electrons. The summed E-state index contributed by atoms with van der Waals surface area (Å²) in [6.45, 7) is 4.82.